The molecule has 0 aliphatic carbocycles. The Morgan fingerprint density at radius 2 is 1.90 bits per heavy atom. The number of hydrogen-bond acceptors (Lipinski definition) is 3. The first-order valence-corrected chi connectivity index (χ1v) is 6.38. The van der Waals surface area contributed by atoms with Gasteiger partial charge in [0.15, 0.2) is 24.0 Å². The maximum absolute atomic E-state index is 13.7. The van der Waals surface area contributed by atoms with Gasteiger partial charge in [-0.3, -0.25) is 9.59 Å². The molecule has 0 bridgehead atoms. The second-order valence-corrected chi connectivity index (χ2v) is 4.39. The normalized spacial score (nSPS) is 11.5. The van der Waals surface area contributed by atoms with E-state index in [1.54, 1.807) is 24.3 Å². The van der Waals surface area contributed by atoms with Crippen molar-refractivity contribution in [1.29, 1.82) is 0 Å². The fourth-order valence-corrected chi connectivity index (χ4v) is 1.74. The summed E-state index contributed by atoms with van der Waals surface area (Å²) < 4.78 is 19.0. The van der Waals surface area contributed by atoms with E-state index in [1.165, 1.54) is 25.1 Å². The highest BCUT2D eigenvalue weighted by atomic mass is 19.1. The molecule has 2 aromatic rings. The third kappa shape index (κ3) is 3.66. The van der Waals surface area contributed by atoms with Crippen LogP contribution in [0, 0.1) is 5.82 Å². The van der Waals surface area contributed by atoms with Gasteiger partial charge in [-0.05, 0) is 31.2 Å². The van der Waals surface area contributed by atoms with Crippen molar-refractivity contribution < 1.29 is 18.7 Å². The van der Waals surface area contributed by atoms with Crippen LogP contribution in [0.5, 0.6) is 5.75 Å². The number of benzene rings is 2. The largest absolute Gasteiger partial charge is 0.477 e. The molecule has 0 aliphatic heterocycles. The number of hydrogen-bond donors (Lipinski definition) is 1. The van der Waals surface area contributed by atoms with Gasteiger partial charge in [0.25, 0.3) is 5.91 Å². The Balaban J connectivity index is 2.09. The summed E-state index contributed by atoms with van der Waals surface area (Å²) >= 11 is 0. The van der Waals surface area contributed by atoms with Crippen LogP contribution >= 0.6 is 0 Å². The summed E-state index contributed by atoms with van der Waals surface area (Å²) in [5, 5.41) is 2.64. The third-order valence-electron chi connectivity index (χ3n) is 2.83. The van der Waals surface area contributed by atoms with Crippen molar-refractivity contribution in [2.45, 2.75) is 13.0 Å². The van der Waals surface area contributed by atoms with Gasteiger partial charge in [0, 0.05) is 5.69 Å². The van der Waals surface area contributed by atoms with Crippen LogP contribution in [0.15, 0.2) is 48.5 Å². The summed E-state index contributed by atoms with van der Waals surface area (Å²) in [7, 11) is 0. The van der Waals surface area contributed by atoms with E-state index >= 15 is 0 Å². The van der Waals surface area contributed by atoms with E-state index in [9.17, 15) is 14.0 Å². The van der Waals surface area contributed by atoms with E-state index in [0.717, 1.165) is 0 Å². The highest BCUT2D eigenvalue weighted by Gasteiger charge is 2.19. The zero-order chi connectivity index (χ0) is 15.2. The van der Waals surface area contributed by atoms with Crippen molar-refractivity contribution in [2.75, 3.05) is 5.32 Å². The molecule has 0 saturated heterocycles. The molecule has 1 N–H and O–H groups in total. The van der Waals surface area contributed by atoms with Crippen molar-refractivity contribution in [2.24, 2.45) is 0 Å². The first kappa shape index (κ1) is 14.7. The lowest BCUT2D eigenvalue weighted by molar-refractivity contribution is -0.122. The van der Waals surface area contributed by atoms with Gasteiger partial charge in [-0.15, -0.1) is 0 Å². The second kappa shape index (κ2) is 6.65. The van der Waals surface area contributed by atoms with Crippen LogP contribution in [0.1, 0.15) is 17.3 Å². The fraction of sp³-hybridized carbons (Fsp3) is 0.125. The van der Waals surface area contributed by atoms with Crippen LogP contribution in [0.3, 0.4) is 0 Å². The Kier molecular flexibility index (Phi) is 4.66. The van der Waals surface area contributed by atoms with E-state index in [-0.39, 0.29) is 11.3 Å². The summed E-state index contributed by atoms with van der Waals surface area (Å²) in [5.74, 6) is -1.33. The fourth-order valence-electron chi connectivity index (χ4n) is 1.74. The Morgan fingerprint density at radius 1 is 1.19 bits per heavy atom. The number of ether oxygens (including phenoxy) is 1. The molecule has 0 heterocycles. The monoisotopic (exact) mass is 287 g/mol. The topological polar surface area (TPSA) is 55.4 Å². The number of carbonyl (C=O) groups excluding carboxylic acids is 2. The van der Waals surface area contributed by atoms with Crippen LogP contribution < -0.4 is 10.1 Å². The van der Waals surface area contributed by atoms with Gasteiger partial charge in [0.05, 0.1) is 5.56 Å². The van der Waals surface area contributed by atoms with Crippen LogP contribution in [-0.4, -0.2) is 18.3 Å². The van der Waals surface area contributed by atoms with Crippen molar-refractivity contribution in [1.82, 2.24) is 0 Å². The predicted molar refractivity (Wildman–Crippen MR) is 76.9 cm³/mol. The maximum Gasteiger partial charge on any atom is 0.265 e. The molecule has 1 unspecified atom stereocenters. The summed E-state index contributed by atoms with van der Waals surface area (Å²) in [6, 6.07) is 12.8. The molecule has 2 rings (SSSR count). The molecule has 4 nitrogen and oxygen atoms in total. The summed E-state index contributed by atoms with van der Waals surface area (Å²) in [5.41, 5.74) is 0.677. The van der Waals surface area contributed by atoms with Gasteiger partial charge in [0.1, 0.15) is 0 Å². The van der Waals surface area contributed by atoms with Crippen LogP contribution in [0.2, 0.25) is 0 Å². The minimum absolute atomic E-state index is 0.0642. The standard InChI is InChI=1S/C16H14FNO3/c1-11(16(20)18-13-7-3-2-4-8-13)21-15-12(10-19)6-5-9-14(15)17/h2-11H,1H3,(H,18,20). The molecule has 0 radical (unpaired) electrons. The molecule has 21 heavy (non-hydrogen) atoms. The average Bonchev–Trinajstić information content (AvgIpc) is 2.50. The molecule has 0 spiro atoms. The van der Waals surface area contributed by atoms with E-state index in [1.807, 2.05) is 6.07 Å². The highest BCUT2D eigenvalue weighted by molar-refractivity contribution is 5.94. The molecule has 0 aliphatic rings. The first-order valence-electron chi connectivity index (χ1n) is 6.38. The quantitative estimate of drug-likeness (QED) is 0.860. The van der Waals surface area contributed by atoms with Gasteiger partial charge in [-0.2, -0.15) is 0 Å². The first-order chi connectivity index (χ1) is 10.1. The van der Waals surface area contributed by atoms with Crippen molar-refractivity contribution >= 4 is 17.9 Å². The summed E-state index contributed by atoms with van der Waals surface area (Å²) in [4.78, 5) is 22.9. The van der Waals surface area contributed by atoms with Crippen LogP contribution in [0.25, 0.3) is 0 Å². The highest BCUT2D eigenvalue weighted by Crippen LogP contribution is 2.22. The van der Waals surface area contributed by atoms with E-state index in [0.29, 0.717) is 12.0 Å². The van der Waals surface area contributed by atoms with E-state index in [4.69, 9.17) is 4.74 Å². The molecule has 0 saturated carbocycles. The van der Waals surface area contributed by atoms with Gasteiger partial charge >= 0.3 is 0 Å². The van der Waals surface area contributed by atoms with Crippen LogP contribution in [0.4, 0.5) is 10.1 Å². The predicted octanol–water partition coefficient (Wildman–Crippen LogP) is 3.04. The smallest absolute Gasteiger partial charge is 0.265 e. The molecule has 0 fully saturated rings. The van der Waals surface area contributed by atoms with Crippen LogP contribution in [-0.2, 0) is 4.79 Å². The van der Waals surface area contributed by atoms with Gasteiger partial charge in [-0.1, -0.05) is 24.3 Å². The Bertz CT molecular complexity index is 643. The second-order valence-electron chi connectivity index (χ2n) is 4.39. The molecule has 2 aromatic carbocycles. The van der Waals surface area contributed by atoms with Crippen molar-refractivity contribution in [3.05, 3.63) is 59.9 Å². The van der Waals surface area contributed by atoms with E-state index < -0.39 is 17.8 Å². The Hall–Kier alpha value is -2.69. The zero-order valence-corrected chi connectivity index (χ0v) is 11.4. The van der Waals surface area contributed by atoms with Gasteiger partial charge in [0.2, 0.25) is 0 Å². The number of amides is 1. The number of halogens is 1. The SMILES string of the molecule is CC(Oc1c(F)cccc1C=O)C(=O)Nc1ccccc1. The van der Waals surface area contributed by atoms with Gasteiger partial charge < -0.3 is 10.1 Å². The minimum Gasteiger partial charge on any atom is -0.477 e. The number of anilines is 1. The molecule has 108 valence electrons. The lowest BCUT2D eigenvalue weighted by Crippen LogP contribution is -2.30. The van der Waals surface area contributed by atoms with Crippen molar-refractivity contribution in [3.8, 4) is 5.75 Å². The van der Waals surface area contributed by atoms with Gasteiger partial charge in [-0.25, -0.2) is 4.39 Å². The molecule has 1 atom stereocenters. The lowest BCUT2D eigenvalue weighted by atomic mass is 10.2. The zero-order valence-electron chi connectivity index (χ0n) is 11.4. The molecule has 0 aromatic heterocycles. The van der Waals surface area contributed by atoms with Crippen molar-refractivity contribution in [3.63, 3.8) is 0 Å². The molecular formula is C16H14FNO3. The number of para-hydroxylation sites is 2. The number of carbonyl (C=O) groups is 2. The Labute approximate surface area is 121 Å². The maximum atomic E-state index is 13.7. The number of rotatable bonds is 5. The number of aldehydes is 1. The average molecular weight is 287 g/mol. The number of nitrogens with one attached hydrogen (secondary N) is 1. The molecular weight excluding hydrogens is 273 g/mol. The molecule has 1 amide bonds. The Morgan fingerprint density at radius 3 is 2.57 bits per heavy atom. The minimum atomic E-state index is -0.944. The summed E-state index contributed by atoms with van der Waals surface area (Å²) in [6.45, 7) is 1.49. The lowest BCUT2D eigenvalue weighted by Gasteiger charge is -2.16. The molecule has 5 heteroatoms. The van der Waals surface area contributed by atoms with E-state index in [2.05, 4.69) is 5.32 Å². The summed E-state index contributed by atoms with van der Waals surface area (Å²) in [6.07, 6.45) is -0.457. The third-order valence-corrected chi connectivity index (χ3v) is 2.83.